The van der Waals surface area contributed by atoms with E-state index in [1.54, 1.807) is 18.2 Å². The van der Waals surface area contributed by atoms with Gasteiger partial charge in [0.25, 0.3) is 5.69 Å². The number of halogens is 2. The van der Waals surface area contributed by atoms with Crippen molar-refractivity contribution >= 4 is 28.9 Å². The van der Waals surface area contributed by atoms with E-state index in [2.05, 4.69) is 5.32 Å². The maximum Gasteiger partial charge on any atom is 0.271 e. The number of rotatable bonds is 7. The monoisotopic (exact) mass is 366 g/mol. The summed E-state index contributed by atoms with van der Waals surface area (Å²) in [6.07, 6.45) is 0.499. The number of hydrogen-bond acceptors (Lipinski definition) is 4. The molecule has 8 heteroatoms. The van der Waals surface area contributed by atoms with Gasteiger partial charge in [-0.25, -0.2) is 4.39 Å². The average molecular weight is 367 g/mol. The highest BCUT2D eigenvalue weighted by Gasteiger charge is 2.13. The van der Waals surface area contributed by atoms with Gasteiger partial charge in [-0.15, -0.1) is 0 Å². The Morgan fingerprint density at radius 3 is 2.76 bits per heavy atom. The number of nitrogens with one attached hydrogen (secondary N) is 1. The first-order valence-corrected chi connectivity index (χ1v) is 7.87. The highest BCUT2D eigenvalue weighted by Crippen LogP contribution is 2.22. The van der Waals surface area contributed by atoms with Crippen LogP contribution >= 0.6 is 11.6 Å². The van der Waals surface area contributed by atoms with Gasteiger partial charge in [-0.05, 0) is 43.2 Å². The van der Waals surface area contributed by atoms with Gasteiger partial charge in [0.05, 0.1) is 17.2 Å². The lowest BCUT2D eigenvalue weighted by Crippen LogP contribution is -2.14. The molecule has 132 valence electrons. The Morgan fingerprint density at radius 1 is 1.32 bits per heavy atom. The Hall–Kier alpha value is -2.67. The molecule has 0 saturated carbocycles. The van der Waals surface area contributed by atoms with E-state index in [0.29, 0.717) is 23.8 Å². The van der Waals surface area contributed by atoms with Gasteiger partial charge in [0.15, 0.2) is 0 Å². The molecule has 1 N–H and O–H groups in total. The molecule has 6 nitrogen and oxygen atoms in total. The molecule has 0 aliphatic carbocycles. The number of nitrogens with zero attached hydrogens (tertiary/aromatic N) is 1. The first-order chi connectivity index (χ1) is 11.9. The molecule has 0 radical (unpaired) electrons. The Labute approximate surface area is 148 Å². The van der Waals surface area contributed by atoms with Crippen molar-refractivity contribution in [3.8, 4) is 5.75 Å². The third-order valence-corrected chi connectivity index (χ3v) is 3.81. The van der Waals surface area contributed by atoms with Gasteiger partial charge in [-0.3, -0.25) is 14.9 Å². The van der Waals surface area contributed by atoms with Crippen LogP contribution in [0.1, 0.15) is 18.4 Å². The molecule has 2 aromatic carbocycles. The second-order valence-corrected chi connectivity index (χ2v) is 5.74. The highest BCUT2D eigenvalue weighted by molar-refractivity contribution is 6.31. The van der Waals surface area contributed by atoms with Gasteiger partial charge in [0.1, 0.15) is 11.6 Å². The predicted octanol–water partition coefficient (Wildman–Crippen LogP) is 4.49. The fourth-order valence-corrected chi connectivity index (χ4v) is 2.18. The molecule has 2 aromatic rings. The molecular weight excluding hydrogens is 351 g/mol. The minimum Gasteiger partial charge on any atom is -0.494 e. The molecule has 0 fully saturated rings. The zero-order valence-corrected chi connectivity index (χ0v) is 14.2. The summed E-state index contributed by atoms with van der Waals surface area (Å²) in [6, 6.07) is 8.21. The van der Waals surface area contributed by atoms with Gasteiger partial charge in [0.2, 0.25) is 5.91 Å². The van der Waals surface area contributed by atoms with Crippen molar-refractivity contribution in [2.45, 2.75) is 19.8 Å². The quantitative estimate of drug-likeness (QED) is 0.444. The minimum atomic E-state index is -0.730. The van der Waals surface area contributed by atoms with E-state index >= 15 is 0 Å². The third kappa shape index (κ3) is 5.42. The molecule has 0 heterocycles. The van der Waals surface area contributed by atoms with Crippen LogP contribution in [-0.2, 0) is 4.79 Å². The fourth-order valence-electron chi connectivity index (χ4n) is 2.07. The summed E-state index contributed by atoms with van der Waals surface area (Å²) < 4.78 is 19.1. The van der Waals surface area contributed by atoms with Gasteiger partial charge >= 0.3 is 0 Å². The normalized spacial score (nSPS) is 10.4. The van der Waals surface area contributed by atoms with Crippen LogP contribution in [0, 0.1) is 22.9 Å². The van der Waals surface area contributed by atoms with Crippen molar-refractivity contribution in [3.63, 3.8) is 0 Å². The van der Waals surface area contributed by atoms with Gasteiger partial charge < -0.3 is 10.1 Å². The maximum atomic E-state index is 13.6. The number of amides is 1. The first-order valence-electron chi connectivity index (χ1n) is 7.49. The summed E-state index contributed by atoms with van der Waals surface area (Å²) in [5.74, 6) is -0.533. The number of carbonyl (C=O) groups is 1. The number of non-ortho nitro benzene ring substituents is 1. The Kier molecular flexibility index (Phi) is 6.30. The zero-order chi connectivity index (χ0) is 18.4. The molecule has 0 aliphatic heterocycles. The van der Waals surface area contributed by atoms with Crippen LogP contribution in [0.3, 0.4) is 0 Å². The predicted molar refractivity (Wildman–Crippen MR) is 92.6 cm³/mol. The van der Waals surface area contributed by atoms with Gasteiger partial charge in [0, 0.05) is 23.6 Å². The standard InChI is InChI=1S/C17H16ClFN2O4/c1-11-9-13(5-6-14(11)18)25-8-2-3-17(22)20-16-10-12(21(23)24)4-7-15(16)19/h4-7,9-10H,2-3,8H2,1H3,(H,20,22). The summed E-state index contributed by atoms with van der Waals surface area (Å²) in [7, 11) is 0. The molecule has 0 spiro atoms. The number of anilines is 1. The van der Waals surface area contributed by atoms with Gasteiger partial charge in [-0.1, -0.05) is 11.6 Å². The van der Waals surface area contributed by atoms with Crippen LogP contribution in [0.5, 0.6) is 5.75 Å². The van der Waals surface area contributed by atoms with E-state index in [9.17, 15) is 19.3 Å². The lowest BCUT2D eigenvalue weighted by atomic mass is 10.2. The summed E-state index contributed by atoms with van der Waals surface area (Å²) in [6.45, 7) is 2.15. The Bertz CT molecular complexity index is 798. The molecule has 1 amide bonds. The van der Waals surface area contributed by atoms with Crippen molar-refractivity contribution in [1.29, 1.82) is 0 Å². The maximum absolute atomic E-state index is 13.6. The SMILES string of the molecule is Cc1cc(OCCCC(=O)Nc2cc([N+](=O)[O-])ccc2F)ccc1Cl. The molecular formula is C17H16ClFN2O4. The summed E-state index contributed by atoms with van der Waals surface area (Å²) in [4.78, 5) is 21.9. The Balaban J connectivity index is 1.82. The third-order valence-electron chi connectivity index (χ3n) is 3.38. The number of carbonyl (C=O) groups excluding carboxylic acids is 1. The second-order valence-electron chi connectivity index (χ2n) is 5.33. The molecule has 2 rings (SSSR count). The van der Waals surface area contributed by atoms with Crippen LogP contribution in [0.2, 0.25) is 5.02 Å². The summed E-state index contributed by atoms with van der Waals surface area (Å²) in [5, 5.41) is 13.7. The smallest absolute Gasteiger partial charge is 0.271 e. The lowest BCUT2D eigenvalue weighted by Gasteiger charge is -2.08. The van der Waals surface area contributed by atoms with E-state index < -0.39 is 16.6 Å². The van der Waals surface area contributed by atoms with Crippen LogP contribution in [-0.4, -0.2) is 17.4 Å². The van der Waals surface area contributed by atoms with E-state index in [1.165, 1.54) is 0 Å². The van der Waals surface area contributed by atoms with E-state index in [0.717, 1.165) is 23.8 Å². The lowest BCUT2D eigenvalue weighted by molar-refractivity contribution is -0.384. The number of benzene rings is 2. The van der Waals surface area contributed by atoms with Crippen molar-refractivity contribution in [3.05, 3.63) is 62.9 Å². The first kappa shape index (κ1) is 18.7. The summed E-state index contributed by atoms with van der Waals surface area (Å²) in [5.41, 5.74) is 0.379. The summed E-state index contributed by atoms with van der Waals surface area (Å²) >= 11 is 5.92. The number of nitro groups is 1. The molecule has 0 atom stereocenters. The second kappa shape index (κ2) is 8.43. The topological polar surface area (TPSA) is 81.5 Å². The molecule has 0 unspecified atom stereocenters. The average Bonchev–Trinajstić information content (AvgIpc) is 2.56. The molecule has 25 heavy (non-hydrogen) atoms. The number of ether oxygens (including phenoxy) is 1. The Morgan fingerprint density at radius 2 is 2.08 bits per heavy atom. The largest absolute Gasteiger partial charge is 0.494 e. The van der Waals surface area contributed by atoms with Crippen molar-refractivity contribution in [1.82, 2.24) is 0 Å². The fraction of sp³-hybridized carbons (Fsp3) is 0.235. The molecule has 0 aromatic heterocycles. The van der Waals surface area contributed by atoms with E-state index in [1.807, 2.05) is 6.92 Å². The zero-order valence-electron chi connectivity index (χ0n) is 13.4. The van der Waals surface area contributed by atoms with Crippen LogP contribution < -0.4 is 10.1 Å². The molecule has 0 aliphatic rings. The highest BCUT2D eigenvalue weighted by atomic mass is 35.5. The van der Waals surface area contributed by atoms with Crippen LogP contribution in [0.25, 0.3) is 0 Å². The number of nitro benzene ring substituents is 1. The number of aryl methyl sites for hydroxylation is 1. The van der Waals surface area contributed by atoms with Crippen molar-refractivity contribution in [2.75, 3.05) is 11.9 Å². The van der Waals surface area contributed by atoms with E-state index in [-0.39, 0.29) is 17.8 Å². The van der Waals surface area contributed by atoms with Crippen LogP contribution in [0.15, 0.2) is 36.4 Å². The van der Waals surface area contributed by atoms with E-state index in [4.69, 9.17) is 16.3 Å². The molecule has 0 bridgehead atoms. The van der Waals surface area contributed by atoms with Crippen molar-refractivity contribution in [2.24, 2.45) is 0 Å². The van der Waals surface area contributed by atoms with Crippen molar-refractivity contribution < 1.29 is 18.8 Å². The van der Waals surface area contributed by atoms with Gasteiger partial charge in [-0.2, -0.15) is 0 Å². The number of hydrogen-bond donors (Lipinski definition) is 1. The molecule has 0 saturated heterocycles. The minimum absolute atomic E-state index is 0.0920. The van der Waals surface area contributed by atoms with Crippen LogP contribution in [0.4, 0.5) is 15.8 Å².